The molecule has 78 valence electrons. The molecule has 0 atom stereocenters. The molecule has 0 bridgehead atoms. The van der Waals surface area contributed by atoms with Crippen molar-refractivity contribution in [1.82, 2.24) is 4.98 Å². The molecule has 3 heteroatoms. The van der Waals surface area contributed by atoms with E-state index in [1.807, 2.05) is 6.07 Å². The molecule has 15 heavy (non-hydrogen) atoms. The van der Waals surface area contributed by atoms with Crippen molar-refractivity contribution in [2.45, 2.75) is 18.3 Å². The Morgan fingerprint density at radius 2 is 2.13 bits per heavy atom. The Hall–Kier alpha value is -1.32. The van der Waals surface area contributed by atoms with Crippen molar-refractivity contribution < 1.29 is 4.84 Å². The molecular formula is C12H14N2O. The van der Waals surface area contributed by atoms with Crippen molar-refractivity contribution in [2.24, 2.45) is 5.90 Å². The zero-order valence-corrected chi connectivity index (χ0v) is 8.49. The SMILES string of the molecule is NOCC1(c2cc3ccccc3[nH]2)CC1. The number of fused-ring (bicyclic) bond motifs is 1. The molecule has 3 rings (SSSR count). The molecule has 0 amide bonds. The first-order valence-electron chi connectivity index (χ1n) is 5.24. The van der Waals surface area contributed by atoms with E-state index in [0.29, 0.717) is 6.61 Å². The highest BCUT2D eigenvalue weighted by atomic mass is 16.6. The van der Waals surface area contributed by atoms with Gasteiger partial charge in [-0.2, -0.15) is 0 Å². The van der Waals surface area contributed by atoms with E-state index >= 15 is 0 Å². The largest absolute Gasteiger partial charge is 0.358 e. The summed E-state index contributed by atoms with van der Waals surface area (Å²) < 4.78 is 0. The number of nitrogens with two attached hydrogens (primary N) is 1. The minimum atomic E-state index is 0.160. The fourth-order valence-electron chi connectivity index (χ4n) is 2.16. The molecule has 3 N–H and O–H groups in total. The lowest BCUT2D eigenvalue weighted by atomic mass is 10.0. The van der Waals surface area contributed by atoms with Crippen LogP contribution in [0, 0.1) is 0 Å². The van der Waals surface area contributed by atoms with Crippen molar-refractivity contribution in [3.05, 3.63) is 36.0 Å². The number of hydrogen-bond donors (Lipinski definition) is 2. The Morgan fingerprint density at radius 1 is 1.33 bits per heavy atom. The van der Waals surface area contributed by atoms with Gasteiger partial charge in [0.2, 0.25) is 0 Å². The summed E-state index contributed by atoms with van der Waals surface area (Å²) in [6.45, 7) is 0.611. The number of para-hydroxylation sites is 1. The summed E-state index contributed by atoms with van der Waals surface area (Å²) in [4.78, 5) is 8.25. The average Bonchev–Trinajstić information content (AvgIpc) is 2.91. The fraction of sp³-hybridized carbons (Fsp3) is 0.333. The van der Waals surface area contributed by atoms with E-state index in [-0.39, 0.29) is 5.41 Å². The number of benzene rings is 1. The summed E-state index contributed by atoms with van der Waals surface area (Å²) in [6, 6.07) is 10.5. The summed E-state index contributed by atoms with van der Waals surface area (Å²) in [5, 5.41) is 1.26. The summed E-state index contributed by atoms with van der Waals surface area (Å²) in [5.41, 5.74) is 2.61. The van der Waals surface area contributed by atoms with Crippen LogP contribution in [-0.4, -0.2) is 11.6 Å². The number of H-pyrrole nitrogens is 1. The molecule has 0 radical (unpaired) electrons. The van der Waals surface area contributed by atoms with Crippen LogP contribution in [0.15, 0.2) is 30.3 Å². The number of aromatic amines is 1. The Kier molecular flexibility index (Phi) is 1.84. The predicted molar refractivity (Wildman–Crippen MR) is 59.4 cm³/mol. The second-order valence-corrected chi connectivity index (χ2v) is 4.36. The van der Waals surface area contributed by atoms with Crippen LogP contribution >= 0.6 is 0 Å². The van der Waals surface area contributed by atoms with Gasteiger partial charge in [0.25, 0.3) is 0 Å². The van der Waals surface area contributed by atoms with E-state index in [4.69, 9.17) is 10.7 Å². The Labute approximate surface area is 88.2 Å². The Bertz CT molecular complexity index is 452. The molecule has 3 nitrogen and oxygen atoms in total. The lowest BCUT2D eigenvalue weighted by Gasteiger charge is -2.10. The zero-order chi connectivity index (χ0) is 10.3. The van der Waals surface area contributed by atoms with Gasteiger partial charge < -0.3 is 9.82 Å². The topological polar surface area (TPSA) is 51.0 Å². The molecule has 0 spiro atoms. The van der Waals surface area contributed by atoms with E-state index < -0.39 is 0 Å². The lowest BCUT2D eigenvalue weighted by molar-refractivity contribution is 0.115. The first-order valence-corrected chi connectivity index (χ1v) is 5.24. The van der Waals surface area contributed by atoms with Crippen molar-refractivity contribution in [1.29, 1.82) is 0 Å². The van der Waals surface area contributed by atoms with E-state index in [0.717, 1.165) is 12.8 Å². The summed E-state index contributed by atoms with van der Waals surface area (Å²) in [6.07, 6.45) is 2.33. The first kappa shape index (κ1) is 8.95. The van der Waals surface area contributed by atoms with Crippen LogP contribution in [0.5, 0.6) is 0 Å². The van der Waals surface area contributed by atoms with Crippen LogP contribution in [-0.2, 0) is 10.3 Å². The van der Waals surface area contributed by atoms with Crippen LogP contribution in [0.4, 0.5) is 0 Å². The quantitative estimate of drug-likeness (QED) is 0.749. The maximum Gasteiger partial charge on any atom is 0.0790 e. The van der Waals surface area contributed by atoms with Gasteiger partial charge in [-0.25, -0.2) is 5.90 Å². The van der Waals surface area contributed by atoms with Gasteiger partial charge in [0.15, 0.2) is 0 Å². The molecule has 2 aromatic rings. The van der Waals surface area contributed by atoms with E-state index in [2.05, 4.69) is 29.2 Å². The van der Waals surface area contributed by atoms with E-state index in [9.17, 15) is 0 Å². The van der Waals surface area contributed by atoms with Gasteiger partial charge >= 0.3 is 0 Å². The van der Waals surface area contributed by atoms with Crippen LogP contribution in [0.2, 0.25) is 0 Å². The van der Waals surface area contributed by atoms with Gasteiger partial charge in [0.05, 0.1) is 6.61 Å². The summed E-state index contributed by atoms with van der Waals surface area (Å²) >= 11 is 0. The van der Waals surface area contributed by atoms with Gasteiger partial charge in [-0.05, 0) is 30.4 Å². The van der Waals surface area contributed by atoms with Gasteiger partial charge in [-0.15, -0.1) is 0 Å². The first-order chi connectivity index (χ1) is 7.34. The molecule has 1 aromatic carbocycles. The number of nitrogens with one attached hydrogen (secondary N) is 1. The maximum absolute atomic E-state index is 5.17. The second-order valence-electron chi connectivity index (χ2n) is 4.36. The summed E-state index contributed by atoms with van der Waals surface area (Å²) in [7, 11) is 0. The molecule has 0 unspecified atom stereocenters. The molecule has 1 heterocycles. The fourth-order valence-corrected chi connectivity index (χ4v) is 2.16. The average molecular weight is 202 g/mol. The highest BCUT2D eigenvalue weighted by molar-refractivity contribution is 5.80. The van der Waals surface area contributed by atoms with Crippen LogP contribution < -0.4 is 5.90 Å². The maximum atomic E-state index is 5.17. The Morgan fingerprint density at radius 3 is 2.80 bits per heavy atom. The van der Waals surface area contributed by atoms with E-state index in [1.165, 1.54) is 16.6 Å². The molecule has 0 saturated heterocycles. The molecule has 1 aromatic heterocycles. The highest BCUT2D eigenvalue weighted by Gasteiger charge is 2.45. The standard InChI is InChI=1S/C12H14N2O/c13-15-8-12(5-6-12)11-7-9-3-1-2-4-10(9)14-11/h1-4,7,14H,5-6,8,13H2. The molecule has 1 aliphatic carbocycles. The second kappa shape index (κ2) is 3.08. The van der Waals surface area contributed by atoms with Crippen LogP contribution in [0.1, 0.15) is 18.5 Å². The van der Waals surface area contributed by atoms with Gasteiger partial charge in [-0.3, -0.25) is 0 Å². The third kappa shape index (κ3) is 1.35. The van der Waals surface area contributed by atoms with Crippen molar-refractivity contribution >= 4 is 10.9 Å². The minimum absolute atomic E-state index is 0.160. The zero-order valence-electron chi connectivity index (χ0n) is 8.49. The van der Waals surface area contributed by atoms with Gasteiger partial charge in [-0.1, -0.05) is 18.2 Å². The molecule has 1 fully saturated rings. The third-order valence-electron chi connectivity index (χ3n) is 3.31. The summed E-state index contributed by atoms with van der Waals surface area (Å²) in [5.74, 6) is 5.17. The predicted octanol–water partition coefficient (Wildman–Crippen LogP) is 2.09. The van der Waals surface area contributed by atoms with Crippen LogP contribution in [0.25, 0.3) is 10.9 Å². The third-order valence-corrected chi connectivity index (χ3v) is 3.31. The normalized spacial score (nSPS) is 18.2. The molecule has 1 aliphatic rings. The van der Waals surface area contributed by atoms with Crippen molar-refractivity contribution in [2.75, 3.05) is 6.61 Å². The van der Waals surface area contributed by atoms with Crippen molar-refractivity contribution in [3.63, 3.8) is 0 Å². The Balaban J connectivity index is 2.05. The number of rotatable bonds is 3. The van der Waals surface area contributed by atoms with Gasteiger partial charge in [0.1, 0.15) is 0 Å². The smallest absolute Gasteiger partial charge is 0.0790 e. The van der Waals surface area contributed by atoms with Gasteiger partial charge in [0, 0.05) is 16.6 Å². The number of hydrogen-bond acceptors (Lipinski definition) is 2. The number of aromatic nitrogens is 1. The van der Waals surface area contributed by atoms with Crippen molar-refractivity contribution in [3.8, 4) is 0 Å². The molecule has 0 aliphatic heterocycles. The lowest BCUT2D eigenvalue weighted by Crippen LogP contribution is -2.18. The van der Waals surface area contributed by atoms with Crippen LogP contribution in [0.3, 0.4) is 0 Å². The monoisotopic (exact) mass is 202 g/mol. The molecule has 1 saturated carbocycles. The minimum Gasteiger partial charge on any atom is -0.358 e. The van der Waals surface area contributed by atoms with E-state index in [1.54, 1.807) is 0 Å². The molecular weight excluding hydrogens is 188 g/mol. The highest BCUT2D eigenvalue weighted by Crippen LogP contribution is 2.48.